The molecule has 0 aromatic heterocycles. The maximum absolute atomic E-state index is 10.1. The van der Waals surface area contributed by atoms with Gasteiger partial charge in [0.1, 0.15) is 4.99 Å². The molecule has 1 aliphatic carbocycles. The summed E-state index contributed by atoms with van der Waals surface area (Å²) in [6.07, 6.45) is 2.47. The molecular weight excluding hydrogens is 292 g/mol. The third-order valence-corrected chi connectivity index (χ3v) is 4.73. The number of nitrogens with one attached hydrogen (secondary N) is 1. The molecule has 0 amide bonds. The first-order chi connectivity index (χ1) is 10.2. The van der Waals surface area contributed by atoms with Crippen LogP contribution in [-0.2, 0) is 0 Å². The average Bonchev–Trinajstić information content (AvgIpc) is 2.42. The minimum absolute atomic E-state index is 0.0259. The van der Waals surface area contributed by atoms with Gasteiger partial charge in [-0.1, -0.05) is 45.1 Å². The van der Waals surface area contributed by atoms with Crippen molar-refractivity contribution in [2.75, 3.05) is 6.54 Å². The van der Waals surface area contributed by atoms with Gasteiger partial charge in [-0.3, -0.25) is 0 Å². The molecule has 0 saturated heterocycles. The van der Waals surface area contributed by atoms with Crippen LogP contribution in [0.15, 0.2) is 24.3 Å². The molecule has 0 unspecified atom stereocenters. The maximum atomic E-state index is 10.1. The Bertz CT molecular complexity index is 605. The highest BCUT2D eigenvalue weighted by atomic mass is 32.1. The second-order valence-corrected chi connectivity index (χ2v) is 8.00. The van der Waals surface area contributed by atoms with Crippen molar-refractivity contribution in [2.24, 2.45) is 10.8 Å². The maximum Gasteiger partial charge on any atom is 0.106 e. The summed E-state index contributed by atoms with van der Waals surface area (Å²) in [6, 6.07) is 9.46. The topological polar surface area (TPSA) is 56.0 Å². The first kappa shape index (κ1) is 16.9. The largest absolute Gasteiger partial charge is 0.393 e. The fourth-order valence-corrected chi connectivity index (χ4v) is 4.04. The van der Waals surface area contributed by atoms with Crippen LogP contribution in [0.3, 0.4) is 0 Å². The monoisotopic (exact) mass is 316 g/mol. The molecule has 1 saturated carbocycles. The molecule has 0 radical (unpaired) electrons. The first-order valence-corrected chi connectivity index (χ1v) is 8.10. The molecule has 3 nitrogen and oxygen atoms in total. The van der Waals surface area contributed by atoms with Gasteiger partial charge in [-0.25, -0.2) is 0 Å². The third-order valence-electron chi connectivity index (χ3n) is 4.35. The number of aliphatic hydroxyl groups excluding tert-OH is 1. The SMILES string of the molecule is CC1(C)C[C@@H](O)C[C@](C)(CNC(=S)c2cccc(C#N)c2)C1. The number of rotatable bonds is 3. The zero-order chi connectivity index (χ0) is 16.4. The molecule has 4 heteroatoms. The fraction of sp³-hybridized carbons (Fsp3) is 0.556. The van der Waals surface area contributed by atoms with Crippen molar-refractivity contribution >= 4 is 17.2 Å². The number of hydrogen-bond acceptors (Lipinski definition) is 3. The van der Waals surface area contributed by atoms with Gasteiger partial charge in [-0.15, -0.1) is 0 Å². The Kier molecular flexibility index (Phi) is 4.89. The molecule has 1 aromatic rings. The predicted molar refractivity (Wildman–Crippen MR) is 92.6 cm³/mol. The summed E-state index contributed by atoms with van der Waals surface area (Å²) in [4.78, 5) is 0.663. The number of nitrogens with zero attached hydrogens (tertiary/aromatic N) is 1. The van der Waals surface area contributed by atoms with E-state index in [9.17, 15) is 5.11 Å². The van der Waals surface area contributed by atoms with Crippen molar-refractivity contribution in [2.45, 2.75) is 46.1 Å². The molecule has 1 aliphatic rings. The number of nitriles is 1. The van der Waals surface area contributed by atoms with Crippen LogP contribution in [-0.4, -0.2) is 22.7 Å². The fourth-order valence-electron chi connectivity index (χ4n) is 3.84. The summed E-state index contributed by atoms with van der Waals surface area (Å²) in [7, 11) is 0. The number of aliphatic hydroxyl groups is 1. The number of thiocarbonyl (C=S) groups is 1. The normalized spacial score (nSPS) is 27.0. The van der Waals surface area contributed by atoms with E-state index < -0.39 is 0 Å². The van der Waals surface area contributed by atoms with E-state index in [1.807, 2.05) is 12.1 Å². The van der Waals surface area contributed by atoms with Gasteiger partial charge in [0.25, 0.3) is 0 Å². The van der Waals surface area contributed by atoms with Gasteiger partial charge in [0.15, 0.2) is 0 Å². The van der Waals surface area contributed by atoms with Crippen molar-refractivity contribution in [1.82, 2.24) is 5.32 Å². The van der Waals surface area contributed by atoms with Crippen LogP contribution in [0.2, 0.25) is 0 Å². The Morgan fingerprint density at radius 2 is 2.14 bits per heavy atom. The summed E-state index contributed by atoms with van der Waals surface area (Å²) in [5.74, 6) is 0. The lowest BCUT2D eigenvalue weighted by molar-refractivity contribution is -0.00679. The Balaban J connectivity index is 2.02. The van der Waals surface area contributed by atoms with Crippen LogP contribution in [0.25, 0.3) is 0 Å². The van der Waals surface area contributed by atoms with E-state index in [1.165, 1.54) is 0 Å². The lowest BCUT2D eigenvalue weighted by Crippen LogP contribution is -2.45. The van der Waals surface area contributed by atoms with Crippen molar-refractivity contribution in [3.05, 3.63) is 35.4 Å². The van der Waals surface area contributed by atoms with Crippen molar-refractivity contribution in [1.29, 1.82) is 5.26 Å². The van der Waals surface area contributed by atoms with Crippen LogP contribution >= 0.6 is 12.2 Å². The van der Waals surface area contributed by atoms with Crippen molar-refractivity contribution in [3.63, 3.8) is 0 Å². The Morgan fingerprint density at radius 3 is 2.77 bits per heavy atom. The Labute approximate surface area is 138 Å². The predicted octanol–water partition coefficient (Wildman–Crippen LogP) is 3.40. The molecule has 2 atom stereocenters. The van der Waals surface area contributed by atoms with Gasteiger partial charge in [0.05, 0.1) is 17.7 Å². The lowest BCUT2D eigenvalue weighted by atomic mass is 9.63. The minimum atomic E-state index is -0.244. The molecule has 2 N–H and O–H groups in total. The third kappa shape index (κ3) is 4.28. The van der Waals surface area contributed by atoms with Gasteiger partial charge in [-0.05, 0) is 42.2 Å². The van der Waals surface area contributed by atoms with E-state index in [1.54, 1.807) is 12.1 Å². The molecule has 118 valence electrons. The van der Waals surface area contributed by atoms with E-state index >= 15 is 0 Å². The van der Waals surface area contributed by atoms with Crippen LogP contribution in [0.1, 0.15) is 51.2 Å². The van der Waals surface area contributed by atoms with Gasteiger partial charge in [-0.2, -0.15) is 5.26 Å². The summed E-state index contributed by atoms with van der Waals surface area (Å²) in [5, 5.41) is 22.4. The molecule has 0 bridgehead atoms. The van der Waals surface area contributed by atoms with Gasteiger partial charge in [0.2, 0.25) is 0 Å². The van der Waals surface area contributed by atoms with E-state index in [4.69, 9.17) is 17.5 Å². The zero-order valence-corrected chi connectivity index (χ0v) is 14.3. The van der Waals surface area contributed by atoms with E-state index in [2.05, 4.69) is 32.2 Å². The number of benzene rings is 1. The zero-order valence-electron chi connectivity index (χ0n) is 13.5. The van der Waals surface area contributed by atoms with Gasteiger partial charge < -0.3 is 10.4 Å². The quantitative estimate of drug-likeness (QED) is 0.839. The summed E-state index contributed by atoms with van der Waals surface area (Å²) in [5.41, 5.74) is 1.66. The van der Waals surface area contributed by atoms with Crippen LogP contribution in [0.4, 0.5) is 0 Å². The van der Waals surface area contributed by atoms with E-state index in [0.29, 0.717) is 10.6 Å². The number of hydrogen-bond donors (Lipinski definition) is 2. The smallest absolute Gasteiger partial charge is 0.106 e. The van der Waals surface area contributed by atoms with Gasteiger partial charge in [0, 0.05) is 12.1 Å². The molecular formula is C18H24N2OS. The second-order valence-electron chi connectivity index (χ2n) is 7.59. The molecule has 22 heavy (non-hydrogen) atoms. The van der Waals surface area contributed by atoms with Crippen molar-refractivity contribution < 1.29 is 5.11 Å². The highest BCUT2D eigenvalue weighted by Gasteiger charge is 2.40. The molecule has 0 aliphatic heterocycles. The minimum Gasteiger partial charge on any atom is -0.393 e. The molecule has 2 rings (SSSR count). The molecule has 0 heterocycles. The van der Waals surface area contributed by atoms with Crippen LogP contribution < -0.4 is 5.32 Å². The Hall–Kier alpha value is -1.44. The van der Waals surface area contributed by atoms with Crippen LogP contribution in [0, 0.1) is 22.2 Å². The van der Waals surface area contributed by atoms with E-state index in [-0.39, 0.29) is 16.9 Å². The van der Waals surface area contributed by atoms with Gasteiger partial charge >= 0.3 is 0 Å². The first-order valence-electron chi connectivity index (χ1n) is 7.70. The summed E-state index contributed by atoms with van der Waals surface area (Å²) >= 11 is 5.45. The second kappa shape index (κ2) is 6.36. The molecule has 0 spiro atoms. The summed E-state index contributed by atoms with van der Waals surface area (Å²) < 4.78 is 0. The molecule has 1 fully saturated rings. The van der Waals surface area contributed by atoms with Crippen LogP contribution in [0.5, 0.6) is 0 Å². The highest BCUT2D eigenvalue weighted by molar-refractivity contribution is 7.80. The highest BCUT2D eigenvalue weighted by Crippen LogP contribution is 2.45. The standard InChI is InChI=1S/C18H24N2OS/c1-17(2)8-15(21)9-18(3,11-17)12-20-16(22)14-6-4-5-13(7-14)10-19/h4-7,15,21H,8-9,11-12H2,1-3H3,(H,20,22)/t15-,18+/m1/s1. The molecule has 1 aromatic carbocycles. The van der Waals surface area contributed by atoms with Crippen molar-refractivity contribution in [3.8, 4) is 6.07 Å². The lowest BCUT2D eigenvalue weighted by Gasteiger charge is -2.45. The Morgan fingerprint density at radius 1 is 1.41 bits per heavy atom. The van der Waals surface area contributed by atoms with E-state index in [0.717, 1.165) is 31.4 Å². The summed E-state index contributed by atoms with van der Waals surface area (Å²) in [6.45, 7) is 7.37. The average molecular weight is 316 g/mol.